The molecule has 1 aliphatic heterocycles. The van der Waals surface area contributed by atoms with Crippen LogP contribution in [0.25, 0.3) is 22.5 Å². The molecule has 2 aliphatic carbocycles. The van der Waals surface area contributed by atoms with Crippen LogP contribution in [-0.4, -0.2) is 24.5 Å². The summed E-state index contributed by atoms with van der Waals surface area (Å²) in [6, 6.07) is 6.84. The minimum absolute atomic E-state index is 0.0992. The number of hydrogen-bond acceptors (Lipinski definition) is 5. The van der Waals surface area contributed by atoms with Crippen LogP contribution >= 0.6 is 0 Å². The Kier molecular flexibility index (Phi) is 4.45. The topological polar surface area (TPSA) is 83.8 Å². The second kappa shape index (κ2) is 7.41. The second-order valence-corrected chi connectivity index (χ2v) is 10.5. The number of anilines is 1. The van der Waals surface area contributed by atoms with Gasteiger partial charge in [0.05, 0.1) is 17.1 Å². The van der Waals surface area contributed by atoms with Gasteiger partial charge in [0.15, 0.2) is 11.6 Å². The molecule has 184 valence electrons. The van der Waals surface area contributed by atoms with E-state index in [1.807, 2.05) is 37.0 Å². The van der Waals surface area contributed by atoms with E-state index in [4.69, 9.17) is 20.7 Å². The Morgan fingerprint density at radius 2 is 2.03 bits per heavy atom. The van der Waals surface area contributed by atoms with Crippen LogP contribution in [0.2, 0.25) is 0 Å². The maximum Gasteiger partial charge on any atom is 0.166 e. The highest BCUT2D eigenvalue weighted by atomic mass is 19.1. The number of nitrogen functional groups attached to an aromatic ring is 1. The number of benzene rings is 1. The Morgan fingerprint density at radius 3 is 2.78 bits per heavy atom. The lowest BCUT2D eigenvalue weighted by Crippen LogP contribution is -2.32. The molecule has 1 spiro atoms. The van der Waals surface area contributed by atoms with Crippen molar-refractivity contribution in [2.24, 2.45) is 7.05 Å². The third kappa shape index (κ3) is 2.87. The van der Waals surface area contributed by atoms with Crippen molar-refractivity contribution in [2.75, 3.05) is 5.73 Å². The molecule has 7 nitrogen and oxygen atoms in total. The van der Waals surface area contributed by atoms with Gasteiger partial charge in [0.1, 0.15) is 11.9 Å². The summed E-state index contributed by atoms with van der Waals surface area (Å²) in [7, 11) is 1.95. The minimum atomic E-state index is -0.461. The number of nitrogens with zero attached hydrogens (tertiary/aromatic N) is 5. The fourth-order valence-corrected chi connectivity index (χ4v) is 6.62. The number of ether oxygens (including phenoxy) is 1. The Morgan fingerprint density at radius 1 is 1.19 bits per heavy atom. The first-order chi connectivity index (χ1) is 17.4. The number of hydrogen-bond donors (Lipinski definition) is 1. The molecule has 0 radical (unpaired) electrons. The molecular weight excluding hydrogens is 455 g/mol. The summed E-state index contributed by atoms with van der Waals surface area (Å²) >= 11 is 0. The van der Waals surface area contributed by atoms with Crippen molar-refractivity contribution >= 4 is 5.82 Å². The molecule has 4 aromatic rings. The van der Waals surface area contributed by atoms with E-state index in [1.54, 1.807) is 6.07 Å². The van der Waals surface area contributed by atoms with Crippen LogP contribution in [0.15, 0.2) is 36.7 Å². The first kappa shape index (κ1) is 21.6. The predicted octanol–water partition coefficient (Wildman–Crippen LogP) is 5.50. The number of aromatic nitrogens is 5. The average Bonchev–Trinajstić information content (AvgIpc) is 3.50. The van der Waals surface area contributed by atoms with Gasteiger partial charge in [-0.15, -0.1) is 0 Å². The van der Waals surface area contributed by atoms with Crippen LogP contribution < -0.4 is 10.5 Å². The van der Waals surface area contributed by atoms with Gasteiger partial charge < -0.3 is 10.5 Å². The summed E-state index contributed by atoms with van der Waals surface area (Å²) in [5.74, 6) is 0.624. The lowest BCUT2D eigenvalue weighted by atomic mass is 9.66. The Bertz CT molecular complexity index is 1530. The van der Waals surface area contributed by atoms with Crippen molar-refractivity contribution in [1.82, 2.24) is 24.5 Å². The smallest absolute Gasteiger partial charge is 0.166 e. The predicted molar refractivity (Wildman–Crippen MR) is 135 cm³/mol. The fraction of sp³-hybridized carbons (Fsp3) is 0.393. The highest BCUT2D eigenvalue weighted by Gasteiger charge is 2.52. The standard InChI is InChI=1S/C28H29FN6O/c1-4-35-25-16-10-22(27(30)31-13-16)36-15(2)19-11-17(29)6-7-18(19)24-21(14-34(3)32-24)20-12-28(8-5-9-28)26(33-35)23(20)25/h6-7,10-11,13-15,20H,4-5,8-9,12H2,1-3H3,(H2,30,31)/t15-,20?/m1/s1. The Labute approximate surface area is 209 Å². The van der Waals surface area contributed by atoms with E-state index in [9.17, 15) is 4.39 Å². The molecule has 3 aliphatic rings. The van der Waals surface area contributed by atoms with Crippen LogP contribution in [0.1, 0.15) is 73.9 Å². The summed E-state index contributed by atoms with van der Waals surface area (Å²) in [6.45, 7) is 4.80. The van der Waals surface area contributed by atoms with Crippen molar-refractivity contribution in [3.8, 4) is 28.3 Å². The molecule has 0 amide bonds. The van der Waals surface area contributed by atoms with Crippen molar-refractivity contribution in [2.45, 2.75) is 63.5 Å². The fourth-order valence-electron chi connectivity index (χ4n) is 6.62. The van der Waals surface area contributed by atoms with E-state index in [1.165, 1.54) is 23.7 Å². The maximum absolute atomic E-state index is 14.5. The zero-order valence-electron chi connectivity index (χ0n) is 20.8. The van der Waals surface area contributed by atoms with Gasteiger partial charge in [0.25, 0.3) is 0 Å². The highest BCUT2D eigenvalue weighted by Crippen LogP contribution is 2.61. The molecule has 7 rings (SSSR count). The van der Waals surface area contributed by atoms with E-state index in [-0.39, 0.29) is 17.2 Å². The SMILES string of the molecule is CCn1nc2c3c1-c1cnc(N)c(c1)O[C@H](C)c1cc(F)ccc1-c1nn(C)cc1C3CC21CCC1. The zero-order valence-corrected chi connectivity index (χ0v) is 20.8. The molecule has 4 heterocycles. The number of fused-ring (bicyclic) bond motifs is 8. The van der Waals surface area contributed by atoms with Gasteiger partial charge in [0.2, 0.25) is 0 Å². The van der Waals surface area contributed by atoms with E-state index in [0.717, 1.165) is 59.4 Å². The van der Waals surface area contributed by atoms with E-state index >= 15 is 0 Å². The Balaban J connectivity index is 1.58. The molecule has 2 N–H and O–H groups in total. The molecule has 1 unspecified atom stereocenters. The maximum atomic E-state index is 14.5. The number of pyridine rings is 1. The zero-order chi connectivity index (χ0) is 24.8. The molecule has 3 aromatic heterocycles. The van der Waals surface area contributed by atoms with Crippen molar-refractivity contribution in [1.29, 1.82) is 0 Å². The number of aryl methyl sites for hydroxylation is 2. The molecule has 2 atom stereocenters. The summed E-state index contributed by atoms with van der Waals surface area (Å²) in [6.07, 6.45) is 8.03. The van der Waals surface area contributed by atoms with Gasteiger partial charge in [-0.1, -0.05) is 6.42 Å². The summed E-state index contributed by atoms with van der Waals surface area (Å²) in [5, 5.41) is 10.1. The molecule has 8 heteroatoms. The van der Waals surface area contributed by atoms with Gasteiger partial charge in [-0.25, -0.2) is 9.37 Å². The van der Waals surface area contributed by atoms with E-state index in [2.05, 4.69) is 22.8 Å². The van der Waals surface area contributed by atoms with Crippen molar-refractivity contribution in [3.05, 3.63) is 64.9 Å². The molecule has 2 bridgehead atoms. The van der Waals surface area contributed by atoms with E-state index in [0.29, 0.717) is 11.6 Å². The highest BCUT2D eigenvalue weighted by molar-refractivity contribution is 5.75. The van der Waals surface area contributed by atoms with Gasteiger partial charge in [-0.2, -0.15) is 10.2 Å². The van der Waals surface area contributed by atoms with E-state index < -0.39 is 6.10 Å². The number of nitrogens with two attached hydrogens (primary N) is 1. The van der Waals surface area contributed by atoms with Crippen LogP contribution in [0.4, 0.5) is 10.2 Å². The minimum Gasteiger partial charge on any atom is -0.482 e. The lowest BCUT2D eigenvalue weighted by Gasteiger charge is -2.38. The molecular formula is C28H29FN6O. The average molecular weight is 485 g/mol. The van der Waals surface area contributed by atoms with Crippen LogP contribution in [0.5, 0.6) is 5.75 Å². The summed E-state index contributed by atoms with van der Waals surface area (Å²) in [4.78, 5) is 4.51. The first-order valence-corrected chi connectivity index (χ1v) is 12.8. The van der Waals surface area contributed by atoms with Crippen LogP contribution in [0, 0.1) is 5.82 Å². The normalized spacial score (nSPS) is 21.0. The molecule has 36 heavy (non-hydrogen) atoms. The van der Waals surface area contributed by atoms with Gasteiger partial charge in [0, 0.05) is 65.1 Å². The van der Waals surface area contributed by atoms with Gasteiger partial charge in [-0.3, -0.25) is 9.36 Å². The molecule has 1 saturated carbocycles. The van der Waals surface area contributed by atoms with Crippen molar-refractivity contribution < 1.29 is 9.13 Å². The lowest BCUT2D eigenvalue weighted by molar-refractivity contribution is 0.227. The number of halogens is 1. The third-order valence-electron chi connectivity index (χ3n) is 8.44. The summed E-state index contributed by atoms with van der Waals surface area (Å²) in [5.41, 5.74) is 14.5. The second-order valence-electron chi connectivity index (χ2n) is 10.5. The van der Waals surface area contributed by atoms with Gasteiger partial charge >= 0.3 is 0 Å². The summed E-state index contributed by atoms with van der Waals surface area (Å²) < 4.78 is 24.9. The largest absolute Gasteiger partial charge is 0.482 e. The Hall–Kier alpha value is -3.68. The first-order valence-electron chi connectivity index (χ1n) is 12.8. The van der Waals surface area contributed by atoms with Crippen LogP contribution in [-0.2, 0) is 19.0 Å². The molecule has 1 aromatic carbocycles. The quantitative estimate of drug-likeness (QED) is 0.386. The molecule has 0 saturated heterocycles. The third-order valence-corrected chi connectivity index (χ3v) is 8.44. The molecule has 1 fully saturated rings. The van der Waals surface area contributed by atoms with Crippen molar-refractivity contribution in [3.63, 3.8) is 0 Å². The monoisotopic (exact) mass is 484 g/mol. The van der Waals surface area contributed by atoms with Gasteiger partial charge in [-0.05, 0) is 57.4 Å². The number of rotatable bonds is 1. The van der Waals surface area contributed by atoms with Crippen LogP contribution in [0.3, 0.4) is 0 Å².